The van der Waals surface area contributed by atoms with Crippen molar-refractivity contribution >= 4 is 0 Å². The van der Waals surface area contributed by atoms with Gasteiger partial charge in [-0.05, 0) is 49.1 Å². The Hall–Kier alpha value is -0.0400. The number of hydrogen-bond donors (Lipinski definition) is 1. The molecule has 0 amide bonds. The third kappa shape index (κ3) is 16.0. The first-order valence-corrected chi connectivity index (χ1v) is 8.81. The van der Waals surface area contributed by atoms with E-state index in [9.17, 15) is 0 Å². The van der Waals surface area contributed by atoms with Crippen LogP contribution in [0.15, 0.2) is 0 Å². The summed E-state index contributed by atoms with van der Waals surface area (Å²) < 4.78 is 0. The van der Waals surface area contributed by atoms with Crippen LogP contribution in [0.5, 0.6) is 0 Å². The predicted molar refractivity (Wildman–Crippen MR) is 93.3 cm³/mol. The van der Waals surface area contributed by atoms with Crippen molar-refractivity contribution in [3.05, 3.63) is 0 Å². The van der Waals surface area contributed by atoms with E-state index in [2.05, 4.69) is 53.8 Å². The first-order chi connectivity index (χ1) is 9.10. The average Bonchev–Trinajstić information content (AvgIpc) is 2.25. The number of unbranched alkanes of at least 4 members (excludes halogenated alkanes) is 2. The zero-order valence-corrected chi connectivity index (χ0v) is 15.4. The summed E-state index contributed by atoms with van der Waals surface area (Å²) in [6, 6.07) is 0. The monoisotopic (exact) mass is 283 g/mol. The summed E-state index contributed by atoms with van der Waals surface area (Å²) in [6.07, 6.45) is 9.76. The van der Waals surface area contributed by atoms with Crippen molar-refractivity contribution < 1.29 is 0 Å². The van der Waals surface area contributed by atoms with Crippen molar-refractivity contribution in [2.75, 3.05) is 13.1 Å². The van der Waals surface area contributed by atoms with E-state index in [4.69, 9.17) is 0 Å². The Morgan fingerprint density at radius 3 is 1.90 bits per heavy atom. The number of nitrogens with one attached hydrogen (secondary N) is 1. The van der Waals surface area contributed by atoms with Crippen LogP contribution in [0, 0.1) is 16.7 Å². The minimum absolute atomic E-state index is 0.415. The summed E-state index contributed by atoms with van der Waals surface area (Å²) in [7, 11) is 0. The van der Waals surface area contributed by atoms with Gasteiger partial charge in [-0.1, -0.05) is 74.1 Å². The second kappa shape index (κ2) is 9.82. The van der Waals surface area contributed by atoms with Crippen LogP contribution in [0.2, 0.25) is 0 Å². The minimum Gasteiger partial charge on any atom is -0.316 e. The molecule has 0 bridgehead atoms. The maximum Gasteiger partial charge on any atom is -0.0000126 e. The maximum atomic E-state index is 3.57. The third-order valence-electron chi connectivity index (χ3n) is 3.83. The molecular weight excluding hydrogens is 242 g/mol. The first-order valence-electron chi connectivity index (χ1n) is 8.81. The molecule has 0 aromatic carbocycles. The van der Waals surface area contributed by atoms with Gasteiger partial charge in [0, 0.05) is 0 Å². The lowest BCUT2D eigenvalue weighted by atomic mass is 9.89. The summed E-state index contributed by atoms with van der Waals surface area (Å²) in [6.45, 7) is 18.7. The molecule has 122 valence electrons. The van der Waals surface area contributed by atoms with Crippen molar-refractivity contribution in [1.29, 1.82) is 0 Å². The molecule has 1 heteroatoms. The van der Waals surface area contributed by atoms with Crippen LogP contribution in [-0.4, -0.2) is 13.1 Å². The van der Waals surface area contributed by atoms with Crippen LogP contribution < -0.4 is 5.32 Å². The van der Waals surface area contributed by atoms with E-state index in [1.807, 2.05) is 0 Å². The minimum atomic E-state index is 0.415. The van der Waals surface area contributed by atoms with Gasteiger partial charge in [-0.3, -0.25) is 0 Å². The van der Waals surface area contributed by atoms with Gasteiger partial charge < -0.3 is 5.32 Å². The van der Waals surface area contributed by atoms with Gasteiger partial charge in [0.15, 0.2) is 0 Å². The SMILES string of the molecule is CC(CCCCCC(C)(C)C)CCCNCC(C)(C)C. The molecule has 1 N–H and O–H groups in total. The predicted octanol–water partition coefficient (Wildman–Crippen LogP) is 6.04. The molecule has 0 radical (unpaired) electrons. The molecule has 0 aliphatic heterocycles. The Kier molecular flexibility index (Phi) is 9.80. The van der Waals surface area contributed by atoms with Gasteiger partial charge >= 0.3 is 0 Å². The summed E-state index contributed by atoms with van der Waals surface area (Å²) >= 11 is 0. The Bertz CT molecular complexity index is 195. The molecule has 0 saturated heterocycles. The normalized spacial score (nSPS) is 14.6. The van der Waals surface area contributed by atoms with Crippen molar-refractivity contribution in [3.8, 4) is 0 Å². The molecule has 0 fully saturated rings. The fourth-order valence-electron chi connectivity index (χ4n) is 2.51. The van der Waals surface area contributed by atoms with E-state index < -0.39 is 0 Å². The van der Waals surface area contributed by atoms with Gasteiger partial charge in [0.2, 0.25) is 0 Å². The Morgan fingerprint density at radius 2 is 1.35 bits per heavy atom. The highest BCUT2D eigenvalue weighted by molar-refractivity contribution is 4.65. The zero-order chi connectivity index (χ0) is 15.6. The highest BCUT2D eigenvalue weighted by Gasteiger charge is 2.10. The van der Waals surface area contributed by atoms with Gasteiger partial charge in [0.25, 0.3) is 0 Å². The molecule has 0 rings (SSSR count). The van der Waals surface area contributed by atoms with E-state index in [1.54, 1.807) is 0 Å². The topological polar surface area (TPSA) is 12.0 Å². The van der Waals surface area contributed by atoms with Gasteiger partial charge in [-0.2, -0.15) is 0 Å². The maximum absolute atomic E-state index is 3.57. The van der Waals surface area contributed by atoms with Crippen LogP contribution in [0.3, 0.4) is 0 Å². The zero-order valence-electron chi connectivity index (χ0n) is 15.4. The Morgan fingerprint density at radius 1 is 0.750 bits per heavy atom. The molecule has 0 heterocycles. The highest BCUT2D eigenvalue weighted by Crippen LogP contribution is 2.23. The second-order valence-electron chi connectivity index (χ2n) is 9.14. The molecule has 0 spiro atoms. The van der Waals surface area contributed by atoms with Crippen molar-refractivity contribution in [2.24, 2.45) is 16.7 Å². The summed E-state index contributed by atoms with van der Waals surface area (Å²) in [4.78, 5) is 0. The van der Waals surface area contributed by atoms with E-state index in [1.165, 1.54) is 51.5 Å². The fourth-order valence-corrected chi connectivity index (χ4v) is 2.51. The van der Waals surface area contributed by atoms with Crippen LogP contribution >= 0.6 is 0 Å². The Labute approximate surface area is 129 Å². The summed E-state index contributed by atoms with van der Waals surface area (Å²) in [5.41, 5.74) is 0.934. The number of hydrogen-bond acceptors (Lipinski definition) is 1. The van der Waals surface area contributed by atoms with Gasteiger partial charge in [0.1, 0.15) is 0 Å². The second-order valence-corrected chi connectivity index (χ2v) is 9.14. The molecule has 0 aromatic rings. The van der Waals surface area contributed by atoms with Crippen molar-refractivity contribution in [2.45, 2.75) is 93.4 Å². The van der Waals surface area contributed by atoms with Crippen molar-refractivity contribution in [3.63, 3.8) is 0 Å². The first kappa shape index (κ1) is 20.0. The van der Waals surface area contributed by atoms with Crippen LogP contribution in [-0.2, 0) is 0 Å². The highest BCUT2D eigenvalue weighted by atomic mass is 14.9. The molecule has 1 atom stereocenters. The molecule has 0 saturated carbocycles. The molecule has 1 unspecified atom stereocenters. The van der Waals surface area contributed by atoms with Crippen LogP contribution in [0.4, 0.5) is 0 Å². The number of rotatable bonds is 10. The van der Waals surface area contributed by atoms with Gasteiger partial charge in [-0.25, -0.2) is 0 Å². The lowest BCUT2D eigenvalue weighted by Gasteiger charge is -2.19. The lowest BCUT2D eigenvalue weighted by molar-refractivity contribution is 0.349. The van der Waals surface area contributed by atoms with Gasteiger partial charge in [-0.15, -0.1) is 0 Å². The molecule has 0 aliphatic carbocycles. The van der Waals surface area contributed by atoms with E-state index in [0.717, 1.165) is 12.5 Å². The summed E-state index contributed by atoms with van der Waals surface area (Å²) in [5, 5.41) is 3.57. The summed E-state index contributed by atoms with van der Waals surface area (Å²) in [5.74, 6) is 0.904. The quantitative estimate of drug-likeness (QED) is 0.482. The molecular formula is C19H41N. The molecule has 0 aromatic heterocycles. The smallest absolute Gasteiger partial charge is 0.0000126 e. The van der Waals surface area contributed by atoms with Gasteiger partial charge in [0.05, 0.1) is 0 Å². The fraction of sp³-hybridized carbons (Fsp3) is 1.00. The van der Waals surface area contributed by atoms with Crippen molar-refractivity contribution in [1.82, 2.24) is 5.32 Å². The van der Waals surface area contributed by atoms with E-state index >= 15 is 0 Å². The molecule has 1 nitrogen and oxygen atoms in total. The Balaban J connectivity index is 3.35. The molecule has 0 aliphatic rings. The lowest BCUT2D eigenvalue weighted by Crippen LogP contribution is -2.27. The third-order valence-corrected chi connectivity index (χ3v) is 3.83. The van der Waals surface area contributed by atoms with Crippen LogP contribution in [0.25, 0.3) is 0 Å². The average molecular weight is 284 g/mol. The van der Waals surface area contributed by atoms with E-state index in [0.29, 0.717) is 10.8 Å². The van der Waals surface area contributed by atoms with Crippen LogP contribution in [0.1, 0.15) is 93.4 Å². The van der Waals surface area contributed by atoms with E-state index in [-0.39, 0.29) is 0 Å². The molecule has 20 heavy (non-hydrogen) atoms. The largest absolute Gasteiger partial charge is 0.316 e. The standard InChI is InChI=1S/C19H41N/c1-17(12-9-8-10-14-18(2,3)4)13-11-15-20-16-19(5,6)7/h17,20H,8-16H2,1-7H3.